The Morgan fingerprint density at radius 3 is 2.65 bits per heavy atom. The SMILES string of the molecule is CC(C)c1nc(C(=O)N2CCOC3(CCN(Cc4ccc(C(F)(F)F)c(CCNCC(=O)c5ccc(O)c6[nH]c(=O)sc56)c4)CC3)C2)cs1. The number of morpholine rings is 1. The van der Waals surface area contributed by atoms with Crippen LogP contribution in [0.2, 0.25) is 0 Å². The van der Waals surface area contributed by atoms with Gasteiger partial charge in [0.15, 0.2) is 5.78 Å². The number of rotatable bonds is 10. The quantitative estimate of drug-likeness (QED) is 0.147. The molecule has 2 aliphatic heterocycles. The van der Waals surface area contributed by atoms with Gasteiger partial charge < -0.3 is 25.0 Å². The molecule has 4 heterocycles. The van der Waals surface area contributed by atoms with Crippen molar-refractivity contribution in [2.45, 2.75) is 57.3 Å². The number of hydrogen-bond acceptors (Lipinski definition) is 10. The molecule has 2 fully saturated rings. The molecule has 2 saturated heterocycles. The average Bonchev–Trinajstić information content (AvgIpc) is 3.72. The summed E-state index contributed by atoms with van der Waals surface area (Å²) in [4.78, 5) is 48.5. The van der Waals surface area contributed by atoms with Gasteiger partial charge in [-0.3, -0.25) is 19.3 Å². The summed E-state index contributed by atoms with van der Waals surface area (Å²) in [6.45, 7) is 7.35. The molecule has 4 aromatic rings. The number of carbonyl (C=O) groups excluding carboxylic acids is 2. The molecule has 6 rings (SSSR count). The van der Waals surface area contributed by atoms with Crippen molar-refractivity contribution in [3.05, 3.63) is 78.3 Å². The van der Waals surface area contributed by atoms with Gasteiger partial charge in [0.1, 0.15) is 17.0 Å². The number of ketones is 1. The molecule has 1 amide bonds. The first-order valence-electron chi connectivity index (χ1n) is 16.2. The number of aromatic hydroxyl groups is 1. The smallest absolute Gasteiger partial charge is 0.416 e. The zero-order chi connectivity index (χ0) is 34.9. The number of nitrogens with zero attached hydrogens (tertiary/aromatic N) is 3. The van der Waals surface area contributed by atoms with E-state index in [0.717, 1.165) is 28.0 Å². The number of alkyl halides is 3. The molecule has 2 aliphatic rings. The first-order valence-corrected chi connectivity index (χ1v) is 17.9. The summed E-state index contributed by atoms with van der Waals surface area (Å²) in [5, 5.41) is 15.7. The molecule has 2 aromatic carbocycles. The number of Topliss-reactive ketones (excluding diaryl/α,β-unsaturated/α-hetero) is 1. The molecule has 15 heteroatoms. The standard InChI is InChI=1S/C34H38F3N5O5S2/c1-20(2)30-39-25(18-48-30)31(45)42-13-14-47-33(19-42)8-11-41(12-9-33)17-21-3-5-24(34(35,36)37)22(15-21)7-10-38-16-27(44)23-4-6-26(43)28-29(23)49-32(46)40-28/h3-6,15,18,20,38,43H,7-14,16-17,19H2,1-2H3,(H,40,46). The number of ether oxygens (including phenoxy) is 1. The van der Waals surface area contributed by atoms with Gasteiger partial charge in [0, 0.05) is 43.0 Å². The minimum absolute atomic E-state index is 0.0525. The number of hydrogen-bond donors (Lipinski definition) is 3. The number of piperidine rings is 1. The lowest BCUT2D eigenvalue weighted by atomic mass is 9.89. The summed E-state index contributed by atoms with van der Waals surface area (Å²) >= 11 is 2.31. The Balaban J connectivity index is 1.04. The van der Waals surface area contributed by atoms with Gasteiger partial charge in [0.25, 0.3) is 5.91 Å². The van der Waals surface area contributed by atoms with Crippen molar-refractivity contribution in [3.8, 4) is 5.75 Å². The third-order valence-corrected chi connectivity index (χ3v) is 11.2. The van der Waals surface area contributed by atoms with Crippen molar-refractivity contribution < 1.29 is 32.6 Å². The maximum Gasteiger partial charge on any atom is 0.416 e. The molecule has 3 N–H and O–H groups in total. The van der Waals surface area contributed by atoms with Crippen molar-refractivity contribution in [1.29, 1.82) is 0 Å². The molecule has 0 atom stereocenters. The summed E-state index contributed by atoms with van der Waals surface area (Å²) in [5.41, 5.74) is 0.643. The first-order chi connectivity index (χ1) is 23.3. The number of halogens is 3. The van der Waals surface area contributed by atoms with Gasteiger partial charge in [0.2, 0.25) is 0 Å². The van der Waals surface area contributed by atoms with Crippen LogP contribution >= 0.6 is 22.7 Å². The average molecular weight is 718 g/mol. The van der Waals surface area contributed by atoms with E-state index < -0.39 is 22.2 Å². The second-order valence-electron chi connectivity index (χ2n) is 13.0. The van der Waals surface area contributed by atoms with E-state index in [1.165, 1.54) is 29.5 Å². The van der Waals surface area contributed by atoms with Crippen LogP contribution in [0, 0.1) is 0 Å². The first kappa shape index (κ1) is 35.2. The summed E-state index contributed by atoms with van der Waals surface area (Å²) in [5.74, 6) is -0.313. The molecular weight excluding hydrogens is 680 g/mol. The lowest BCUT2D eigenvalue weighted by Gasteiger charge is -2.47. The Labute approximate surface area is 288 Å². The Hall–Kier alpha value is -3.63. The van der Waals surface area contributed by atoms with Gasteiger partial charge in [-0.25, -0.2) is 4.98 Å². The number of H-pyrrole nitrogens is 1. The highest BCUT2D eigenvalue weighted by atomic mass is 32.1. The van der Waals surface area contributed by atoms with Crippen LogP contribution in [0.5, 0.6) is 5.75 Å². The number of aromatic amines is 1. The molecule has 0 bridgehead atoms. The second kappa shape index (κ2) is 14.3. The molecule has 262 valence electrons. The van der Waals surface area contributed by atoms with Crippen LogP contribution < -0.4 is 10.2 Å². The fourth-order valence-electron chi connectivity index (χ4n) is 6.50. The number of benzene rings is 2. The molecule has 0 saturated carbocycles. The number of carbonyl (C=O) groups is 2. The van der Waals surface area contributed by atoms with E-state index >= 15 is 0 Å². The molecule has 1 spiro atoms. The van der Waals surface area contributed by atoms with E-state index in [1.807, 2.05) is 24.1 Å². The Bertz CT molecular complexity index is 1890. The van der Waals surface area contributed by atoms with Crippen LogP contribution in [0.15, 0.2) is 40.5 Å². The Morgan fingerprint density at radius 2 is 1.94 bits per heavy atom. The number of likely N-dealkylation sites (tertiary alicyclic amines) is 1. The monoisotopic (exact) mass is 717 g/mol. The predicted molar refractivity (Wildman–Crippen MR) is 182 cm³/mol. The molecule has 2 aromatic heterocycles. The summed E-state index contributed by atoms with van der Waals surface area (Å²) < 4.78 is 48.4. The Kier molecular flexibility index (Phi) is 10.3. The lowest BCUT2D eigenvalue weighted by molar-refractivity contribution is -0.138. The second-order valence-corrected chi connectivity index (χ2v) is 14.8. The van der Waals surface area contributed by atoms with Crippen molar-refractivity contribution in [3.63, 3.8) is 0 Å². The normalized spacial score (nSPS) is 17.0. The molecule has 10 nitrogen and oxygen atoms in total. The van der Waals surface area contributed by atoms with Crippen LogP contribution in [0.25, 0.3) is 10.2 Å². The largest absolute Gasteiger partial charge is 0.506 e. The van der Waals surface area contributed by atoms with E-state index in [-0.39, 0.29) is 59.5 Å². The van der Waals surface area contributed by atoms with E-state index in [2.05, 4.69) is 20.2 Å². The number of fused-ring (bicyclic) bond motifs is 1. The topological polar surface area (TPSA) is 128 Å². The van der Waals surface area contributed by atoms with Gasteiger partial charge in [0.05, 0.1) is 40.6 Å². The molecule has 49 heavy (non-hydrogen) atoms. The maximum atomic E-state index is 13.9. The number of amides is 1. The molecule has 0 unspecified atom stereocenters. The lowest BCUT2D eigenvalue weighted by Crippen LogP contribution is -2.58. The van der Waals surface area contributed by atoms with E-state index in [9.17, 15) is 32.7 Å². The molecule has 0 radical (unpaired) electrons. The third-order valence-electron chi connectivity index (χ3n) is 9.13. The molecule has 0 aliphatic carbocycles. The van der Waals surface area contributed by atoms with Gasteiger partial charge in [-0.2, -0.15) is 13.2 Å². The van der Waals surface area contributed by atoms with Crippen molar-refractivity contribution in [2.24, 2.45) is 0 Å². The van der Waals surface area contributed by atoms with E-state index in [1.54, 1.807) is 6.07 Å². The molecular formula is C34H38F3N5O5S2. The summed E-state index contributed by atoms with van der Waals surface area (Å²) in [7, 11) is 0. The number of thiazole rings is 2. The minimum atomic E-state index is -4.53. The predicted octanol–water partition coefficient (Wildman–Crippen LogP) is 5.42. The van der Waals surface area contributed by atoms with Gasteiger partial charge in [-0.1, -0.05) is 37.3 Å². The number of nitrogens with one attached hydrogen (secondary N) is 2. The van der Waals surface area contributed by atoms with Crippen molar-refractivity contribution in [2.75, 3.05) is 45.9 Å². The van der Waals surface area contributed by atoms with Gasteiger partial charge in [-0.15, -0.1) is 11.3 Å². The van der Waals surface area contributed by atoms with Gasteiger partial charge >= 0.3 is 11.0 Å². The van der Waals surface area contributed by atoms with Gasteiger partial charge in [-0.05, 0) is 55.1 Å². The third kappa shape index (κ3) is 7.91. The number of aromatic nitrogens is 2. The van der Waals surface area contributed by atoms with Crippen LogP contribution in [0.4, 0.5) is 13.2 Å². The fraction of sp³-hybridized carbons (Fsp3) is 0.471. The van der Waals surface area contributed by atoms with Crippen LogP contribution in [0.3, 0.4) is 0 Å². The van der Waals surface area contributed by atoms with E-state index in [4.69, 9.17) is 4.74 Å². The van der Waals surface area contributed by atoms with Crippen molar-refractivity contribution >= 4 is 44.6 Å². The Morgan fingerprint density at radius 1 is 1.16 bits per heavy atom. The zero-order valence-electron chi connectivity index (χ0n) is 27.2. The summed E-state index contributed by atoms with van der Waals surface area (Å²) in [6.07, 6.45) is -3.08. The summed E-state index contributed by atoms with van der Waals surface area (Å²) in [6, 6.07) is 6.99. The number of phenolic OH excluding ortho intramolecular Hbond substituents is 1. The maximum absolute atomic E-state index is 13.9. The minimum Gasteiger partial charge on any atom is -0.506 e. The van der Waals surface area contributed by atoms with Crippen LogP contribution in [-0.2, 0) is 23.9 Å². The zero-order valence-corrected chi connectivity index (χ0v) is 28.8. The highest BCUT2D eigenvalue weighted by Crippen LogP contribution is 2.35. The highest BCUT2D eigenvalue weighted by Gasteiger charge is 2.41. The van der Waals surface area contributed by atoms with Crippen molar-refractivity contribution in [1.82, 2.24) is 25.1 Å². The fourth-order valence-corrected chi connectivity index (χ4v) is 8.20. The van der Waals surface area contributed by atoms with Crippen LogP contribution in [0.1, 0.15) is 75.2 Å². The highest BCUT2D eigenvalue weighted by molar-refractivity contribution is 7.16. The van der Waals surface area contributed by atoms with Crippen LogP contribution in [-0.4, -0.2) is 88.0 Å². The number of phenols is 1. The van der Waals surface area contributed by atoms with E-state index in [0.29, 0.717) is 62.6 Å².